The third-order valence-electron chi connectivity index (χ3n) is 7.22. The number of fused-ring (bicyclic) bond motifs is 1. The first-order valence-corrected chi connectivity index (χ1v) is 17.9. The van der Waals surface area contributed by atoms with Gasteiger partial charge in [0.05, 0.1) is 45.7 Å². The quantitative estimate of drug-likeness (QED) is 0.135. The Labute approximate surface area is 308 Å². The van der Waals surface area contributed by atoms with Gasteiger partial charge < -0.3 is 23.7 Å². The average Bonchev–Trinajstić information content (AvgIpc) is 3.37. The van der Waals surface area contributed by atoms with Crippen molar-refractivity contribution in [3.63, 3.8) is 0 Å². The molecule has 0 bridgehead atoms. The van der Waals surface area contributed by atoms with Crippen LogP contribution in [0.5, 0.6) is 17.2 Å². The van der Waals surface area contributed by atoms with Crippen LogP contribution in [0.4, 0.5) is 0 Å². The molecule has 0 unspecified atom stereocenters. The molecule has 2 heterocycles. The number of hydrogen-bond acceptors (Lipinski definition) is 10. The van der Waals surface area contributed by atoms with Crippen LogP contribution in [-0.2, 0) is 25.7 Å². The summed E-state index contributed by atoms with van der Waals surface area (Å²) in [6.45, 7) is 5.77. The maximum atomic E-state index is 14.3. The molecule has 0 saturated heterocycles. The molecule has 0 saturated carbocycles. The van der Waals surface area contributed by atoms with E-state index in [1.807, 2.05) is 55.5 Å². The third-order valence-corrected chi connectivity index (χ3v) is 9.63. The molecule has 0 fully saturated rings. The van der Waals surface area contributed by atoms with Gasteiger partial charge >= 0.3 is 11.9 Å². The van der Waals surface area contributed by atoms with E-state index in [9.17, 15) is 14.4 Å². The lowest BCUT2D eigenvalue weighted by molar-refractivity contribution is -0.143. The number of benzene rings is 3. The monoisotopic (exact) mass is 894 g/mol. The molecule has 250 valence electrons. The largest absolute Gasteiger partial charge is 0.490 e. The number of carbonyl (C=O) groups excluding carboxylic acids is 2. The first-order chi connectivity index (χ1) is 23.1. The van der Waals surface area contributed by atoms with Crippen LogP contribution in [0.15, 0.2) is 81.7 Å². The van der Waals surface area contributed by atoms with Crippen molar-refractivity contribution in [2.24, 2.45) is 4.99 Å². The van der Waals surface area contributed by atoms with E-state index < -0.39 is 18.0 Å². The zero-order chi connectivity index (χ0) is 34.4. The van der Waals surface area contributed by atoms with Crippen LogP contribution in [0.2, 0.25) is 0 Å². The Balaban J connectivity index is 1.65. The summed E-state index contributed by atoms with van der Waals surface area (Å²) in [5.41, 5.74) is 2.68. The number of ether oxygens (including phenoxy) is 5. The summed E-state index contributed by atoms with van der Waals surface area (Å²) in [6.07, 6.45) is 1.81. The average molecular weight is 895 g/mol. The summed E-state index contributed by atoms with van der Waals surface area (Å²) in [6, 6.07) is 18.0. The number of methoxy groups -OCH3 is 1. The van der Waals surface area contributed by atoms with Gasteiger partial charge in [0.25, 0.3) is 5.56 Å². The van der Waals surface area contributed by atoms with E-state index in [1.54, 1.807) is 32.0 Å². The second kappa shape index (κ2) is 16.1. The van der Waals surface area contributed by atoms with E-state index in [0.717, 1.165) is 18.3 Å². The minimum absolute atomic E-state index is 0.147. The predicted molar refractivity (Wildman–Crippen MR) is 198 cm³/mol. The van der Waals surface area contributed by atoms with Crippen LogP contribution >= 0.6 is 56.5 Å². The molecule has 5 rings (SSSR count). The fraction of sp³-hybridized carbons (Fsp3) is 0.257. The van der Waals surface area contributed by atoms with Crippen molar-refractivity contribution in [2.75, 3.05) is 26.9 Å². The van der Waals surface area contributed by atoms with Crippen molar-refractivity contribution >= 4 is 74.5 Å². The summed E-state index contributed by atoms with van der Waals surface area (Å²) >= 11 is 5.72. The SMILES string of the molecule is CCOC(=O)C1=C(C)N=c2s/c(=C/c3cc(I)cc(I)c3OCc3ccccc3)c(=O)n2[C@H]1c1ccc(OCC(=O)OC)c(OCC)c1. The summed E-state index contributed by atoms with van der Waals surface area (Å²) in [5, 5.41) is 0. The highest BCUT2D eigenvalue weighted by atomic mass is 127. The number of rotatable bonds is 12. The van der Waals surface area contributed by atoms with E-state index in [2.05, 4.69) is 45.2 Å². The van der Waals surface area contributed by atoms with Crippen molar-refractivity contribution in [2.45, 2.75) is 33.4 Å². The van der Waals surface area contributed by atoms with E-state index in [-0.39, 0.29) is 24.3 Å². The van der Waals surface area contributed by atoms with Crippen LogP contribution in [0.1, 0.15) is 43.5 Å². The number of aromatic nitrogens is 1. The number of nitrogens with zero attached hydrogens (tertiary/aromatic N) is 2. The first kappa shape index (κ1) is 35.6. The summed E-state index contributed by atoms with van der Waals surface area (Å²) in [5.74, 6) is 0.189. The Morgan fingerprint density at radius 3 is 2.46 bits per heavy atom. The molecule has 13 heteroatoms. The molecule has 0 N–H and O–H groups in total. The molecule has 0 spiro atoms. The zero-order valence-corrected chi connectivity index (χ0v) is 31.7. The van der Waals surface area contributed by atoms with Crippen LogP contribution in [0, 0.1) is 7.14 Å². The van der Waals surface area contributed by atoms with Crippen LogP contribution in [0.25, 0.3) is 6.08 Å². The minimum Gasteiger partial charge on any atom is -0.490 e. The fourth-order valence-corrected chi connectivity index (χ4v) is 8.18. The number of allylic oxidation sites excluding steroid dienone is 1. The molecule has 1 aromatic heterocycles. The van der Waals surface area contributed by atoms with Gasteiger partial charge in [-0.25, -0.2) is 14.6 Å². The molecule has 10 nitrogen and oxygen atoms in total. The number of hydrogen-bond donors (Lipinski definition) is 0. The molecular weight excluding hydrogens is 862 g/mol. The molecule has 1 aliphatic heterocycles. The highest BCUT2D eigenvalue weighted by Crippen LogP contribution is 2.37. The van der Waals surface area contributed by atoms with E-state index in [4.69, 9.17) is 28.7 Å². The van der Waals surface area contributed by atoms with Gasteiger partial charge in [-0.3, -0.25) is 9.36 Å². The topological polar surface area (TPSA) is 115 Å². The Morgan fingerprint density at radius 1 is 0.979 bits per heavy atom. The molecule has 3 aromatic carbocycles. The van der Waals surface area contributed by atoms with Crippen molar-refractivity contribution in [3.8, 4) is 17.2 Å². The van der Waals surface area contributed by atoms with Crippen molar-refractivity contribution in [3.05, 3.63) is 115 Å². The third kappa shape index (κ3) is 7.94. The molecule has 48 heavy (non-hydrogen) atoms. The Kier molecular flexibility index (Phi) is 12.0. The lowest BCUT2D eigenvalue weighted by Crippen LogP contribution is -2.40. The first-order valence-electron chi connectivity index (χ1n) is 15.0. The normalized spacial score (nSPS) is 14.2. The smallest absolute Gasteiger partial charge is 0.343 e. The maximum Gasteiger partial charge on any atom is 0.343 e. The van der Waals surface area contributed by atoms with Gasteiger partial charge in [-0.15, -0.1) is 0 Å². The zero-order valence-electron chi connectivity index (χ0n) is 26.6. The molecule has 0 aliphatic carbocycles. The van der Waals surface area contributed by atoms with E-state index >= 15 is 0 Å². The Hall–Kier alpha value is -3.70. The molecular formula is C35H32I2N2O8S. The van der Waals surface area contributed by atoms with E-state index in [0.29, 0.717) is 51.1 Å². The predicted octanol–water partition coefficient (Wildman–Crippen LogP) is 5.54. The van der Waals surface area contributed by atoms with Crippen molar-refractivity contribution in [1.29, 1.82) is 0 Å². The summed E-state index contributed by atoms with van der Waals surface area (Å²) < 4.78 is 31.8. The van der Waals surface area contributed by atoms with Crippen LogP contribution in [0.3, 0.4) is 0 Å². The molecule has 1 atom stereocenters. The van der Waals surface area contributed by atoms with Gasteiger partial charge in [-0.2, -0.15) is 0 Å². The number of carbonyl (C=O) groups is 2. The number of esters is 2. The van der Waals surface area contributed by atoms with Crippen LogP contribution in [-0.4, -0.2) is 43.4 Å². The summed E-state index contributed by atoms with van der Waals surface area (Å²) in [4.78, 5) is 44.6. The number of thiazole rings is 1. The highest BCUT2D eigenvalue weighted by molar-refractivity contribution is 14.1. The standard InChI is InChI=1S/C35H32I2N2O8S/c1-5-44-27-15-22(12-13-26(27)46-19-29(40)43-4)31-30(34(42)45-6-2)20(3)38-35-39(31)33(41)28(48-35)16-23-14-24(36)17-25(37)32(23)47-18-21-10-8-7-9-11-21/h7-17,31H,5-6,18-19H2,1-4H3/b28-16+/t31-/m0/s1. The second-order valence-electron chi connectivity index (χ2n) is 10.4. The van der Waals surface area contributed by atoms with Gasteiger partial charge in [0.1, 0.15) is 12.4 Å². The second-order valence-corrected chi connectivity index (χ2v) is 13.8. The lowest BCUT2D eigenvalue weighted by Gasteiger charge is -2.25. The lowest BCUT2D eigenvalue weighted by atomic mass is 9.95. The fourth-order valence-electron chi connectivity index (χ4n) is 5.10. The minimum atomic E-state index is -0.874. The van der Waals surface area contributed by atoms with Crippen molar-refractivity contribution < 1.29 is 33.3 Å². The van der Waals surface area contributed by atoms with Crippen LogP contribution < -0.4 is 29.1 Å². The molecule has 1 aliphatic rings. The Bertz CT molecular complexity index is 2060. The summed E-state index contributed by atoms with van der Waals surface area (Å²) in [7, 11) is 1.28. The molecule has 4 aromatic rings. The van der Waals surface area contributed by atoms with Gasteiger partial charge in [-0.1, -0.05) is 47.7 Å². The Morgan fingerprint density at radius 2 is 1.75 bits per heavy atom. The van der Waals surface area contributed by atoms with E-state index in [1.165, 1.54) is 23.0 Å². The highest BCUT2D eigenvalue weighted by Gasteiger charge is 2.34. The van der Waals surface area contributed by atoms with Crippen molar-refractivity contribution in [1.82, 2.24) is 4.57 Å². The maximum absolute atomic E-state index is 14.3. The molecule has 0 radical (unpaired) electrons. The molecule has 0 amide bonds. The van der Waals surface area contributed by atoms with Gasteiger partial charge in [0, 0.05) is 9.13 Å². The number of halogens is 2. The van der Waals surface area contributed by atoms with Gasteiger partial charge in [0.15, 0.2) is 22.9 Å². The van der Waals surface area contributed by atoms with Gasteiger partial charge in [-0.05, 0) is 107 Å². The van der Waals surface area contributed by atoms with Gasteiger partial charge in [0.2, 0.25) is 0 Å².